The zero-order valence-corrected chi connectivity index (χ0v) is 10.3. The zero-order chi connectivity index (χ0) is 13.3. The molecule has 6 heteroatoms. The van der Waals surface area contributed by atoms with Crippen LogP contribution in [0.1, 0.15) is 25.6 Å². The van der Waals surface area contributed by atoms with E-state index >= 15 is 0 Å². The van der Waals surface area contributed by atoms with E-state index in [4.69, 9.17) is 0 Å². The SMILES string of the molecule is CC(O)c1ccc(N2CC(=O)NC(=O)C2C)cn1. The van der Waals surface area contributed by atoms with Crippen molar-refractivity contribution in [2.75, 3.05) is 11.4 Å². The third-order valence-corrected chi connectivity index (χ3v) is 2.95. The lowest BCUT2D eigenvalue weighted by molar-refractivity contribution is -0.132. The molecule has 0 spiro atoms. The first kappa shape index (κ1) is 12.5. The second-order valence-corrected chi connectivity index (χ2v) is 4.33. The number of aromatic nitrogens is 1. The molecule has 96 valence electrons. The number of carbonyl (C=O) groups excluding carboxylic acids is 2. The lowest BCUT2D eigenvalue weighted by Crippen LogP contribution is -2.57. The highest BCUT2D eigenvalue weighted by atomic mass is 16.3. The standard InChI is InChI=1S/C12H15N3O3/c1-7-12(18)14-11(17)6-15(7)9-3-4-10(8(2)16)13-5-9/h3-5,7-8,16H,6H2,1-2H3,(H,14,17,18). The number of rotatable bonds is 2. The summed E-state index contributed by atoms with van der Waals surface area (Å²) >= 11 is 0. The molecule has 2 amide bonds. The maximum Gasteiger partial charge on any atom is 0.249 e. The summed E-state index contributed by atoms with van der Waals surface area (Å²) in [4.78, 5) is 28.7. The second kappa shape index (κ2) is 4.73. The maximum atomic E-state index is 11.5. The minimum atomic E-state index is -0.636. The number of nitrogens with zero attached hydrogens (tertiary/aromatic N) is 2. The number of nitrogens with one attached hydrogen (secondary N) is 1. The van der Waals surface area contributed by atoms with Crippen LogP contribution in [-0.2, 0) is 9.59 Å². The smallest absolute Gasteiger partial charge is 0.249 e. The fourth-order valence-corrected chi connectivity index (χ4v) is 1.84. The van der Waals surface area contributed by atoms with Crippen molar-refractivity contribution in [2.24, 2.45) is 0 Å². The van der Waals surface area contributed by atoms with Gasteiger partial charge in [0.15, 0.2) is 0 Å². The zero-order valence-electron chi connectivity index (χ0n) is 10.3. The monoisotopic (exact) mass is 249 g/mol. The average Bonchev–Trinajstić information content (AvgIpc) is 2.34. The van der Waals surface area contributed by atoms with Gasteiger partial charge in [-0.1, -0.05) is 0 Å². The van der Waals surface area contributed by atoms with Gasteiger partial charge >= 0.3 is 0 Å². The van der Waals surface area contributed by atoms with Crippen molar-refractivity contribution in [2.45, 2.75) is 26.0 Å². The number of hydrogen-bond donors (Lipinski definition) is 2. The Hall–Kier alpha value is -1.95. The molecule has 1 aliphatic heterocycles. The molecule has 1 aromatic heterocycles. The first-order chi connectivity index (χ1) is 8.49. The average molecular weight is 249 g/mol. The molecule has 0 aliphatic carbocycles. The normalized spacial score (nSPS) is 21.7. The predicted molar refractivity (Wildman–Crippen MR) is 64.8 cm³/mol. The molecule has 0 bridgehead atoms. The van der Waals surface area contributed by atoms with Crippen LogP contribution in [0.2, 0.25) is 0 Å². The number of carbonyl (C=O) groups is 2. The predicted octanol–water partition coefficient (Wildman–Crippen LogP) is -0.0138. The minimum Gasteiger partial charge on any atom is -0.387 e. The van der Waals surface area contributed by atoms with Crippen molar-refractivity contribution in [3.05, 3.63) is 24.0 Å². The van der Waals surface area contributed by atoms with Gasteiger partial charge in [0.2, 0.25) is 11.8 Å². The Morgan fingerprint density at radius 3 is 2.78 bits per heavy atom. The largest absolute Gasteiger partial charge is 0.387 e. The first-order valence-corrected chi connectivity index (χ1v) is 5.73. The van der Waals surface area contributed by atoms with Crippen LogP contribution >= 0.6 is 0 Å². The van der Waals surface area contributed by atoms with E-state index in [1.807, 2.05) is 0 Å². The summed E-state index contributed by atoms with van der Waals surface area (Å²) in [6.07, 6.45) is 0.924. The summed E-state index contributed by atoms with van der Waals surface area (Å²) in [6, 6.07) is 3.02. The molecular weight excluding hydrogens is 234 g/mol. The van der Waals surface area contributed by atoms with Gasteiger partial charge in [0.05, 0.1) is 30.2 Å². The number of piperazine rings is 1. The Balaban J connectivity index is 2.24. The number of amides is 2. The highest BCUT2D eigenvalue weighted by molar-refractivity contribution is 6.04. The van der Waals surface area contributed by atoms with E-state index in [2.05, 4.69) is 10.3 Å². The first-order valence-electron chi connectivity index (χ1n) is 5.73. The van der Waals surface area contributed by atoms with Crippen molar-refractivity contribution in [1.82, 2.24) is 10.3 Å². The number of anilines is 1. The molecular formula is C12H15N3O3. The number of aliphatic hydroxyl groups is 1. The van der Waals surface area contributed by atoms with Gasteiger partial charge in [-0.15, -0.1) is 0 Å². The van der Waals surface area contributed by atoms with E-state index in [0.717, 1.165) is 0 Å². The number of pyridine rings is 1. The van der Waals surface area contributed by atoms with Gasteiger partial charge in [-0.25, -0.2) is 0 Å². The molecule has 1 saturated heterocycles. The molecule has 2 heterocycles. The van der Waals surface area contributed by atoms with Crippen LogP contribution in [0.25, 0.3) is 0 Å². The van der Waals surface area contributed by atoms with E-state index in [9.17, 15) is 14.7 Å². The molecule has 1 aliphatic rings. The van der Waals surface area contributed by atoms with Crippen molar-refractivity contribution in [3.8, 4) is 0 Å². The Labute approximate surface area is 105 Å². The van der Waals surface area contributed by atoms with Gasteiger partial charge < -0.3 is 10.0 Å². The van der Waals surface area contributed by atoms with Crippen LogP contribution in [0, 0.1) is 0 Å². The Morgan fingerprint density at radius 1 is 1.50 bits per heavy atom. The summed E-state index contributed by atoms with van der Waals surface area (Å²) in [5, 5.41) is 11.6. The topological polar surface area (TPSA) is 82.5 Å². The fourth-order valence-electron chi connectivity index (χ4n) is 1.84. The van der Waals surface area contributed by atoms with Crippen LogP contribution in [0.5, 0.6) is 0 Å². The van der Waals surface area contributed by atoms with Gasteiger partial charge in [-0.2, -0.15) is 0 Å². The summed E-state index contributed by atoms with van der Waals surface area (Å²) in [5.41, 5.74) is 1.24. The van der Waals surface area contributed by atoms with E-state index in [1.54, 1.807) is 37.1 Å². The van der Waals surface area contributed by atoms with Crippen molar-refractivity contribution < 1.29 is 14.7 Å². The van der Waals surface area contributed by atoms with Crippen molar-refractivity contribution >= 4 is 17.5 Å². The fraction of sp³-hybridized carbons (Fsp3) is 0.417. The maximum absolute atomic E-state index is 11.5. The molecule has 0 saturated carbocycles. The van der Waals surface area contributed by atoms with Gasteiger partial charge in [0.25, 0.3) is 0 Å². The van der Waals surface area contributed by atoms with Gasteiger partial charge in [-0.3, -0.25) is 19.9 Å². The lowest BCUT2D eigenvalue weighted by Gasteiger charge is -2.33. The quantitative estimate of drug-likeness (QED) is 0.720. The van der Waals surface area contributed by atoms with Crippen LogP contribution in [0.15, 0.2) is 18.3 Å². The Bertz CT molecular complexity index is 470. The third-order valence-electron chi connectivity index (χ3n) is 2.95. The number of imide groups is 1. The molecule has 1 aromatic rings. The Morgan fingerprint density at radius 2 is 2.22 bits per heavy atom. The molecule has 18 heavy (non-hydrogen) atoms. The molecule has 1 fully saturated rings. The number of hydrogen-bond acceptors (Lipinski definition) is 5. The van der Waals surface area contributed by atoms with Crippen molar-refractivity contribution in [3.63, 3.8) is 0 Å². The summed E-state index contributed by atoms with van der Waals surface area (Å²) in [5.74, 6) is -0.636. The van der Waals surface area contributed by atoms with E-state index < -0.39 is 12.1 Å². The van der Waals surface area contributed by atoms with Gasteiger partial charge in [0, 0.05) is 0 Å². The minimum absolute atomic E-state index is 0.128. The Kier molecular flexibility index (Phi) is 3.29. The van der Waals surface area contributed by atoms with Gasteiger partial charge in [-0.05, 0) is 26.0 Å². The molecule has 2 unspecified atom stereocenters. The molecule has 2 atom stereocenters. The summed E-state index contributed by atoms with van der Waals surface area (Å²) < 4.78 is 0. The highest BCUT2D eigenvalue weighted by Crippen LogP contribution is 2.19. The molecule has 0 radical (unpaired) electrons. The third kappa shape index (κ3) is 2.33. The van der Waals surface area contributed by atoms with Crippen LogP contribution in [0.4, 0.5) is 5.69 Å². The van der Waals surface area contributed by atoms with E-state index in [1.165, 1.54) is 0 Å². The summed E-state index contributed by atoms with van der Waals surface area (Å²) in [7, 11) is 0. The lowest BCUT2D eigenvalue weighted by atomic mass is 10.1. The van der Waals surface area contributed by atoms with Crippen LogP contribution in [0.3, 0.4) is 0 Å². The van der Waals surface area contributed by atoms with Crippen molar-refractivity contribution in [1.29, 1.82) is 0 Å². The van der Waals surface area contributed by atoms with E-state index in [0.29, 0.717) is 11.4 Å². The van der Waals surface area contributed by atoms with E-state index in [-0.39, 0.29) is 18.4 Å². The van der Waals surface area contributed by atoms with Crippen LogP contribution < -0.4 is 10.2 Å². The van der Waals surface area contributed by atoms with Gasteiger partial charge in [0.1, 0.15) is 6.04 Å². The molecule has 2 N–H and O–H groups in total. The highest BCUT2D eigenvalue weighted by Gasteiger charge is 2.30. The van der Waals surface area contributed by atoms with Crippen LogP contribution in [-0.4, -0.2) is 34.5 Å². The second-order valence-electron chi connectivity index (χ2n) is 4.33. The molecule has 6 nitrogen and oxygen atoms in total. The summed E-state index contributed by atoms with van der Waals surface area (Å²) in [6.45, 7) is 3.48. The number of aliphatic hydroxyl groups excluding tert-OH is 1. The molecule has 0 aromatic carbocycles. The molecule has 2 rings (SSSR count).